The van der Waals surface area contributed by atoms with Crippen LogP contribution in [0.3, 0.4) is 0 Å². The predicted octanol–water partition coefficient (Wildman–Crippen LogP) is 3.74. The lowest BCUT2D eigenvalue weighted by molar-refractivity contribution is -0.143. The van der Waals surface area contributed by atoms with Crippen LogP contribution in [0.25, 0.3) is 0 Å². The number of amides is 2. The molecule has 1 fully saturated rings. The van der Waals surface area contributed by atoms with Crippen molar-refractivity contribution in [2.75, 3.05) is 7.05 Å². The van der Waals surface area contributed by atoms with E-state index >= 15 is 0 Å². The highest BCUT2D eigenvalue weighted by Gasteiger charge is 2.38. The van der Waals surface area contributed by atoms with Gasteiger partial charge in [0.15, 0.2) is 0 Å². The minimum atomic E-state index is -0.262. The average Bonchev–Trinajstić information content (AvgIpc) is 2.90. The van der Waals surface area contributed by atoms with Gasteiger partial charge in [-0.2, -0.15) is 0 Å². The molecular formula is C19H30N2O2S. The Labute approximate surface area is 149 Å². The first-order valence-corrected chi connectivity index (χ1v) is 9.67. The van der Waals surface area contributed by atoms with E-state index in [2.05, 4.69) is 23.7 Å². The van der Waals surface area contributed by atoms with Crippen LogP contribution < -0.4 is 5.32 Å². The molecule has 1 heterocycles. The van der Waals surface area contributed by atoms with E-state index in [1.165, 1.54) is 10.4 Å². The molecule has 0 radical (unpaired) electrons. The molecular weight excluding hydrogens is 320 g/mol. The molecule has 1 aromatic heterocycles. The zero-order valence-electron chi connectivity index (χ0n) is 15.5. The molecule has 2 amide bonds. The van der Waals surface area contributed by atoms with Crippen molar-refractivity contribution in [1.82, 2.24) is 10.2 Å². The minimum absolute atomic E-state index is 0.0289. The maximum Gasteiger partial charge on any atom is 0.226 e. The monoisotopic (exact) mass is 350 g/mol. The highest BCUT2D eigenvalue weighted by atomic mass is 32.1. The van der Waals surface area contributed by atoms with E-state index in [1.54, 1.807) is 16.2 Å². The maximum atomic E-state index is 13.0. The van der Waals surface area contributed by atoms with Crippen LogP contribution in [0.2, 0.25) is 0 Å². The van der Waals surface area contributed by atoms with Gasteiger partial charge in [0.05, 0.1) is 6.54 Å². The molecule has 2 atom stereocenters. The topological polar surface area (TPSA) is 49.4 Å². The molecule has 0 unspecified atom stereocenters. The Morgan fingerprint density at radius 2 is 1.88 bits per heavy atom. The van der Waals surface area contributed by atoms with E-state index in [1.807, 2.05) is 27.8 Å². The van der Waals surface area contributed by atoms with E-state index in [-0.39, 0.29) is 29.2 Å². The second-order valence-corrected chi connectivity index (χ2v) is 8.96. The lowest BCUT2D eigenvalue weighted by Gasteiger charge is -2.34. The Bertz CT molecular complexity index is 588. The Balaban J connectivity index is 2.07. The predicted molar refractivity (Wildman–Crippen MR) is 98.9 cm³/mol. The largest absolute Gasteiger partial charge is 0.351 e. The van der Waals surface area contributed by atoms with Crippen molar-refractivity contribution in [3.8, 4) is 0 Å². The second-order valence-electron chi connectivity index (χ2n) is 7.96. The molecule has 24 heavy (non-hydrogen) atoms. The van der Waals surface area contributed by atoms with Crippen molar-refractivity contribution in [3.63, 3.8) is 0 Å². The number of aryl methyl sites for hydroxylation is 1. The number of carbonyl (C=O) groups excluding carboxylic acids is 2. The summed E-state index contributed by atoms with van der Waals surface area (Å²) in [5, 5.41) is 5.12. The Kier molecular flexibility index (Phi) is 6.07. The quantitative estimate of drug-likeness (QED) is 0.899. The number of hydrogen-bond acceptors (Lipinski definition) is 3. The summed E-state index contributed by atoms with van der Waals surface area (Å²) in [6.45, 7) is 8.65. The summed E-state index contributed by atoms with van der Waals surface area (Å²) in [5.74, 6) is -0.249. The first-order valence-electron chi connectivity index (χ1n) is 8.79. The standard InChI is InChI=1S/C19H30N2O2S/c1-13-10-11-24-16(13)12-21(5)18(23)15-9-7-6-8-14(15)17(22)20-19(2,3)4/h10-11,14-15H,6-9,12H2,1-5H3,(H,20,22)/t14-,15+/m0/s1. The third-order valence-electron chi connectivity index (χ3n) is 4.64. The summed E-state index contributed by atoms with van der Waals surface area (Å²) in [7, 11) is 1.86. The molecule has 1 saturated carbocycles. The fourth-order valence-corrected chi connectivity index (χ4v) is 4.30. The maximum absolute atomic E-state index is 13.0. The second kappa shape index (κ2) is 7.68. The van der Waals surface area contributed by atoms with Crippen LogP contribution >= 0.6 is 11.3 Å². The molecule has 2 rings (SSSR count). The fourth-order valence-electron chi connectivity index (χ4n) is 3.35. The van der Waals surface area contributed by atoms with E-state index < -0.39 is 0 Å². The first kappa shape index (κ1) is 19.0. The molecule has 0 bridgehead atoms. The lowest BCUT2D eigenvalue weighted by atomic mass is 9.77. The summed E-state index contributed by atoms with van der Waals surface area (Å²) in [6, 6.07) is 2.08. The normalized spacial score (nSPS) is 21.4. The van der Waals surface area contributed by atoms with E-state index in [4.69, 9.17) is 0 Å². The van der Waals surface area contributed by atoms with Crippen molar-refractivity contribution in [2.24, 2.45) is 11.8 Å². The number of thiophene rings is 1. The molecule has 0 aromatic carbocycles. The summed E-state index contributed by atoms with van der Waals surface area (Å²) in [5.41, 5.74) is 0.965. The van der Waals surface area contributed by atoms with Gasteiger partial charge >= 0.3 is 0 Å². The summed E-state index contributed by atoms with van der Waals surface area (Å²) >= 11 is 1.68. The average molecular weight is 351 g/mol. The molecule has 1 aliphatic carbocycles. The fraction of sp³-hybridized carbons (Fsp3) is 0.684. The third-order valence-corrected chi connectivity index (χ3v) is 5.65. The van der Waals surface area contributed by atoms with Gasteiger partial charge in [0, 0.05) is 29.3 Å². The van der Waals surface area contributed by atoms with Crippen LogP contribution in [0.5, 0.6) is 0 Å². The first-order chi connectivity index (χ1) is 11.2. The van der Waals surface area contributed by atoms with Gasteiger partial charge in [0.2, 0.25) is 11.8 Å². The summed E-state index contributed by atoms with van der Waals surface area (Å²) in [4.78, 5) is 28.6. The van der Waals surface area contributed by atoms with Crippen molar-refractivity contribution in [3.05, 3.63) is 21.9 Å². The third kappa shape index (κ3) is 4.82. The van der Waals surface area contributed by atoms with Crippen molar-refractivity contribution >= 4 is 23.2 Å². The van der Waals surface area contributed by atoms with Crippen LogP contribution in [0, 0.1) is 18.8 Å². The van der Waals surface area contributed by atoms with Crippen LogP contribution in [-0.4, -0.2) is 29.3 Å². The molecule has 1 N–H and O–H groups in total. The van der Waals surface area contributed by atoms with Crippen LogP contribution in [0.4, 0.5) is 0 Å². The highest BCUT2D eigenvalue weighted by molar-refractivity contribution is 7.10. The molecule has 1 aromatic rings. The SMILES string of the molecule is Cc1ccsc1CN(C)C(=O)[C@@H]1CCCC[C@@H]1C(=O)NC(C)(C)C. The van der Waals surface area contributed by atoms with Gasteiger partial charge in [-0.05, 0) is 57.5 Å². The van der Waals surface area contributed by atoms with Gasteiger partial charge in [-0.15, -0.1) is 11.3 Å². The van der Waals surface area contributed by atoms with Gasteiger partial charge in [-0.1, -0.05) is 12.8 Å². The van der Waals surface area contributed by atoms with Gasteiger partial charge < -0.3 is 10.2 Å². The van der Waals surface area contributed by atoms with E-state index in [9.17, 15) is 9.59 Å². The zero-order valence-corrected chi connectivity index (χ0v) is 16.3. The molecule has 0 aliphatic heterocycles. The zero-order chi connectivity index (χ0) is 17.9. The summed E-state index contributed by atoms with van der Waals surface area (Å²) < 4.78 is 0. The van der Waals surface area contributed by atoms with Crippen LogP contribution in [-0.2, 0) is 16.1 Å². The van der Waals surface area contributed by atoms with Gasteiger partial charge in [0.25, 0.3) is 0 Å². The van der Waals surface area contributed by atoms with Crippen molar-refractivity contribution in [1.29, 1.82) is 0 Å². The number of nitrogens with one attached hydrogen (secondary N) is 1. The van der Waals surface area contributed by atoms with Gasteiger partial charge in [0.1, 0.15) is 0 Å². The Morgan fingerprint density at radius 3 is 2.42 bits per heavy atom. The molecule has 134 valence electrons. The molecule has 0 spiro atoms. The minimum Gasteiger partial charge on any atom is -0.351 e. The lowest BCUT2D eigenvalue weighted by Crippen LogP contribution is -2.49. The molecule has 1 aliphatic rings. The highest BCUT2D eigenvalue weighted by Crippen LogP contribution is 2.32. The molecule has 0 saturated heterocycles. The molecule has 4 nitrogen and oxygen atoms in total. The smallest absolute Gasteiger partial charge is 0.226 e. The van der Waals surface area contributed by atoms with Crippen molar-refractivity contribution < 1.29 is 9.59 Å². The van der Waals surface area contributed by atoms with Crippen LogP contribution in [0.1, 0.15) is 56.9 Å². The number of nitrogens with zero attached hydrogens (tertiary/aromatic N) is 1. The Hall–Kier alpha value is -1.36. The summed E-state index contributed by atoms with van der Waals surface area (Å²) in [6.07, 6.45) is 3.68. The van der Waals surface area contributed by atoms with Gasteiger partial charge in [-0.25, -0.2) is 0 Å². The molecule has 5 heteroatoms. The van der Waals surface area contributed by atoms with E-state index in [0.717, 1.165) is 25.7 Å². The van der Waals surface area contributed by atoms with E-state index in [0.29, 0.717) is 6.54 Å². The number of carbonyl (C=O) groups is 2. The Morgan fingerprint density at radius 1 is 1.25 bits per heavy atom. The van der Waals surface area contributed by atoms with Crippen molar-refractivity contribution in [2.45, 2.75) is 65.5 Å². The number of hydrogen-bond donors (Lipinski definition) is 1. The van der Waals surface area contributed by atoms with Crippen LogP contribution in [0.15, 0.2) is 11.4 Å². The number of rotatable bonds is 4. The van der Waals surface area contributed by atoms with Gasteiger partial charge in [-0.3, -0.25) is 9.59 Å².